The first-order chi connectivity index (χ1) is 15.4. The van der Waals surface area contributed by atoms with E-state index in [1.807, 2.05) is 68.1 Å². The Balaban J connectivity index is 1.50. The minimum Gasteiger partial charge on any atom is -0.497 e. The van der Waals surface area contributed by atoms with Crippen molar-refractivity contribution in [3.8, 4) is 11.5 Å². The molecule has 0 unspecified atom stereocenters. The minimum absolute atomic E-state index is 0.00228. The number of anilines is 1. The van der Waals surface area contributed by atoms with E-state index in [2.05, 4.69) is 5.32 Å². The molecule has 1 aliphatic heterocycles. The Morgan fingerprint density at radius 1 is 1.12 bits per heavy atom. The first-order valence-electron chi connectivity index (χ1n) is 11.4. The van der Waals surface area contributed by atoms with Gasteiger partial charge in [0, 0.05) is 30.8 Å². The molecule has 0 saturated carbocycles. The Labute approximate surface area is 190 Å². The van der Waals surface area contributed by atoms with Gasteiger partial charge in [0.2, 0.25) is 5.91 Å². The molecule has 1 atom stereocenters. The molecule has 2 aromatic rings. The molecule has 1 fully saturated rings. The molecule has 0 bridgehead atoms. The van der Waals surface area contributed by atoms with Crippen molar-refractivity contribution in [2.45, 2.75) is 52.6 Å². The molecule has 32 heavy (non-hydrogen) atoms. The summed E-state index contributed by atoms with van der Waals surface area (Å²) in [6.45, 7) is 7.36. The lowest BCUT2D eigenvalue weighted by molar-refractivity contribution is -0.116. The molecule has 1 aliphatic rings. The van der Waals surface area contributed by atoms with Crippen molar-refractivity contribution in [3.05, 3.63) is 53.6 Å². The van der Waals surface area contributed by atoms with Gasteiger partial charge in [-0.25, -0.2) is 0 Å². The highest BCUT2D eigenvalue weighted by Gasteiger charge is 2.25. The van der Waals surface area contributed by atoms with Crippen molar-refractivity contribution in [1.82, 2.24) is 4.90 Å². The predicted octanol–water partition coefficient (Wildman–Crippen LogP) is 5.06. The van der Waals surface area contributed by atoms with Gasteiger partial charge in [-0.3, -0.25) is 9.59 Å². The van der Waals surface area contributed by atoms with Crippen LogP contribution in [0.25, 0.3) is 0 Å². The summed E-state index contributed by atoms with van der Waals surface area (Å²) in [5, 5.41) is 2.99. The van der Waals surface area contributed by atoms with Crippen LogP contribution in [0.2, 0.25) is 0 Å². The Hall–Kier alpha value is -3.02. The van der Waals surface area contributed by atoms with Gasteiger partial charge in [-0.2, -0.15) is 0 Å². The van der Waals surface area contributed by atoms with Gasteiger partial charge in [0.15, 0.2) is 0 Å². The number of ether oxygens (including phenoxy) is 2. The Bertz CT molecular complexity index is 924. The summed E-state index contributed by atoms with van der Waals surface area (Å²) in [4.78, 5) is 27.3. The van der Waals surface area contributed by atoms with Gasteiger partial charge >= 0.3 is 0 Å². The zero-order valence-corrected chi connectivity index (χ0v) is 19.5. The highest BCUT2D eigenvalue weighted by molar-refractivity contribution is 5.94. The van der Waals surface area contributed by atoms with Gasteiger partial charge in [0.1, 0.15) is 11.5 Å². The summed E-state index contributed by atoms with van der Waals surface area (Å²) in [5.74, 6) is 1.92. The van der Waals surface area contributed by atoms with Crippen LogP contribution >= 0.6 is 0 Å². The van der Waals surface area contributed by atoms with Crippen LogP contribution in [0.3, 0.4) is 0 Å². The number of piperidine rings is 1. The molecule has 1 saturated heterocycles. The van der Waals surface area contributed by atoms with Gasteiger partial charge < -0.3 is 19.7 Å². The number of hydrogen-bond acceptors (Lipinski definition) is 4. The number of benzene rings is 2. The van der Waals surface area contributed by atoms with E-state index in [0.717, 1.165) is 48.6 Å². The van der Waals surface area contributed by atoms with E-state index in [1.54, 1.807) is 7.11 Å². The fraction of sp³-hybridized carbons (Fsp3) is 0.462. The zero-order chi connectivity index (χ0) is 23.1. The van der Waals surface area contributed by atoms with Crippen LogP contribution in [0.4, 0.5) is 5.69 Å². The van der Waals surface area contributed by atoms with E-state index < -0.39 is 0 Å². The zero-order valence-electron chi connectivity index (χ0n) is 19.5. The Kier molecular flexibility index (Phi) is 8.14. The van der Waals surface area contributed by atoms with Crippen LogP contribution in [0, 0.1) is 12.8 Å². The Morgan fingerprint density at radius 3 is 2.50 bits per heavy atom. The number of rotatable bonds is 8. The van der Waals surface area contributed by atoms with Gasteiger partial charge in [-0.05, 0) is 94.0 Å². The molecule has 2 amide bonds. The van der Waals surface area contributed by atoms with Crippen molar-refractivity contribution in [3.63, 3.8) is 0 Å². The lowest BCUT2D eigenvalue weighted by Crippen LogP contribution is -2.40. The monoisotopic (exact) mass is 438 g/mol. The van der Waals surface area contributed by atoms with Crippen LogP contribution in [0.15, 0.2) is 42.5 Å². The lowest BCUT2D eigenvalue weighted by Gasteiger charge is -2.33. The molecule has 1 N–H and O–H groups in total. The van der Waals surface area contributed by atoms with Gasteiger partial charge in [-0.15, -0.1) is 0 Å². The second kappa shape index (κ2) is 11.0. The third-order valence-corrected chi connectivity index (χ3v) is 5.77. The van der Waals surface area contributed by atoms with Crippen LogP contribution < -0.4 is 14.8 Å². The number of methoxy groups -OCH3 is 1. The maximum Gasteiger partial charge on any atom is 0.253 e. The summed E-state index contributed by atoms with van der Waals surface area (Å²) in [6.07, 6.45) is 3.32. The van der Waals surface area contributed by atoms with Gasteiger partial charge in [-0.1, -0.05) is 0 Å². The standard InChI is InChI=1S/C26H34N2O4/c1-18(2)32-22-10-8-21(9-11-22)26(30)28-15-5-6-20(17-28)7-14-25(29)27-24-13-12-23(31-4)16-19(24)3/h8-13,16,18,20H,5-7,14-15,17H2,1-4H3,(H,27,29)/t20-/m0/s1. The molecule has 0 radical (unpaired) electrons. The Morgan fingerprint density at radius 2 is 1.84 bits per heavy atom. The van der Waals surface area contributed by atoms with E-state index in [0.29, 0.717) is 24.4 Å². The number of likely N-dealkylation sites (tertiary alicyclic amines) is 1. The summed E-state index contributed by atoms with van der Waals surface area (Å²) >= 11 is 0. The molecular weight excluding hydrogens is 404 g/mol. The van der Waals surface area contributed by atoms with E-state index in [1.165, 1.54) is 0 Å². The molecule has 0 aromatic heterocycles. The van der Waals surface area contributed by atoms with Crippen LogP contribution in [0.5, 0.6) is 11.5 Å². The van der Waals surface area contributed by atoms with Crippen LogP contribution in [0.1, 0.15) is 55.5 Å². The average molecular weight is 439 g/mol. The number of carbonyl (C=O) groups excluding carboxylic acids is 2. The van der Waals surface area contributed by atoms with Gasteiger partial charge in [0.05, 0.1) is 13.2 Å². The summed E-state index contributed by atoms with van der Waals surface area (Å²) in [7, 11) is 1.63. The number of hydrogen-bond donors (Lipinski definition) is 1. The van der Waals surface area contributed by atoms with Crippen molar-refractivity contribution >= 4 is 17.5 Å². The molecule has 172 valence electrons. The molecule has 1 heterocycles. The largest absolute Gasteiger partial charge is 0.497 e. The van der Waals surface area contributed by atoms with Crippen molar-refractivity contribution < 1.29 is 19.1 Å². The maximum atomic E-state index is 12.9. The van der Waals surface area contributed by atoms with Crippen LogP contribution in [-0.2, 0) is 4.79 Å². The highest BCUT2D eigenvalue weighted by atomic mass is 16.5. The molecule has 0 aliphatic carbocycles. The van der Waals surface area contributed by atoms with E-state index in [9.17, 15) is 9.59 Å². The van der Waals surface area contributed by atoms with E-state index in [-0.39, 0.29) is 17.9 Å². The summed E-state index contributed by atoms with van der Waals surface area (Å²) in [6, 6.07) is 13.0. The first-order valence-corrected chi connectivity index (χ1v) is 11.4. The molecule has 6 heteroatoms. The lowest BCUT2D eigenvalue weighted by atomic mass is 9.92. The molecule has 2 aromatic carbocycles. The fourth-order valence-electron chi connectivity index (χ4n) is 4.07. The predicted molar refractivity (Wildman–Crippen MR) is 126 cm³/mol. The van der Waals surface area contributed by atoms with Crippen LogP contribution in [-0.4, -0.2) is 43.0 Å². The van der Waals surface area contributed by atoms with Gasteiger partial charge in [0.25, 0.3) is 5.91 Å². The topological polar surface area (TPSA) is 67.9 Å². The average Bonchev–Trinajstić information content (AvgIpc) is 2.79. The molecule has 0 spiro atoms. The number of nitrogens with one attached hydrogen (secondary N) is 1. The SMILES string of the molecule is COc1ccc(NC(=O)CC[C@@H]2CCCN(C(=O)c3ccc(OC(C)C)cc3)C2)c(C)c1. The number of amides is 2. The summed E-state index contributed by atoms with van der Waals surface area (Å²) in [5.41, 5.74) is 2.45. The highest BCUT2D eigenvalue weighted by Crippen LogP contribution is 2.25. The minimum atomic E-state index is 0.00228. The quantitative estimate of drug-likeness (QED) is 0.625. The maximum absolute atomic E-state index is 12.9. The molecular formula is C26H34N2O4. The van der Waals surface area contributed by atoms with E-state index in [4.69, 9.17) is 9.47 Å². The number of nitrogens with zero attached hydrogens (tertiary/aromatic N) is 1. The number of aryl methyl sites for hydroxylation is 1. The van der Waals surface area contributed by atoms with Crippen molar-refractivity contribution in [2.75, 3.05) is 25.5 Å². The van der Waals surface area contributed by atoms with Crippen molar-refractivity contribution in [1.29, 1.82) is 0 Å². The molecule has 3 rings (SSSR count). The normalized spacial score (nSPS) is 16.0. The second-order valence-electron chi connectivity index (χ2n) is 8.72. The number of carbonyl (C=O) groups is 2. The first kappa shape index (κ1) is 23.6. The van der Waals surface area contributed by atoms with E-state index >= 15 is 0 Å². The third kappa shape index (κ3) is 6.49. The smallest absolute Gasteiger partial charge is 0.253 e. The fourth-order valence-corrected chi connectivity index (χ4v) is 4.07. The van der Waals surface area contributed by atoms with Crippen molar-refractivity contribution in [2.24, 2.45) is 5.92 Å². The summed E-state index contributed by atoms with van der Waals surface area (Å²) < 4.78 is 10.9. The molecule has 6 nitrogen and oxygen atoms in total. The second-order valence-corrected chi connectivity index (χ2v) is 8.72. The third-order valence-electron chi connectivity index (χ3n) is 5.77.